The molecule has 2 heterocycles. The fourth-order valence-corrected chi connectivity index (χ4v) is 4.19. The summed E-state index contributed by atoms with van der Waals surface area (Å²) in [6, 6.07) is 19.9. The zero-order valence-electron chi connectivity index (χ0n) is 19.0. The molecule has 0 aliphatic rings. The van der Waals surface area contributed by atoms with Crippen LogP contribution >= 0.6 is 0 Å². The van der Waals surface area contributed by atoms with Gasteiger partial charge in [-0.05, 0) is 68.7 Å². The lowest BCUT2D eigenvalue weighted by atomic mass is 10.1. The van der Waals surface area contributed by atoms with E-state index in [1.165, 1.54) is 16.8 Å². The van der Waals surface area contributed by atoms with Gasteiger partial charge in [0, 0.05) is 29.3 Å². The molecule has 0 unspecified atom stereocenters. The Labute approximate surface area is 189 Å². The highest BCUT2D eigenvalue weighted by molar-refractivity contribution is 5.98. The summed E-state index contributed by atoms with van der Waals surface area (Å²) in [4.78, 5) is 12.8. The highest BCUT2D eigenvalue weighted by Gasteiger charge is 2.15. The van der Waals surface area contributed by atoms with Crippen LogP contribution in [0.15, 0.2) is 78.2 Å². The van der Waals surface area contributed by atoms with Gasteiger partial charge in [-0.1, -0.05) is 37.3 Å². The van der Waals surface area contributed by atoms with E-state index >= 15 is 0 Å². The second-order valence-electron chi connectivity index (χ2n) is 7.90. The Bertz CT molecular complexity index is 1280. The zero-order valence-corrected chi connectivity index (χ0v) is 19.0. The van der Waals surface area contributed by atoms with E-state index in [1.54, 1.807) is 12.3 Å². The molecule has 5 nitrogen and oxygen atoms in total. The number of hydrogen-bond donors (Lipinski definition) is 1. The monoisotopic (exact) mass is 424 g/mol. The SMILES string of the molecule is CCc1cccc(C)c1-n1c(C)cc(/C=N\NC(=O)c2ccccc2-n2cccc2)c1C. The van der Waals surface area contributed by atoms with Gasteiger partial charge in [-0.15, -0.1) is 0 Å². The topological polar surface area (TPSA) is 51.3 Å². The van der Waals surface area contributed by atoms with Gasteiger partial charge in [0.05, 0.1) is 23.2 Å². The number of amides is 1. The van der Waals surface area contributed by atoms with Gasteiger partial charge in [-0.25, -0.2) is 5.43 Å². The van der Waals surface area contributed by atoms with Crippen molar-refractivity contribution in [2.75, 3.05) is 0 Å². The summed E-state index contributed by atoms with van der Waals surface area (Å²) in [5.41, 5.74) is 11.1. The van der Waals surface area contributed by atoms with Crippen molar-refractivity contribution in [1.82, 2.24) is 14.6 Å². The summed E-state index contributed by atoms with van der Waals surface area (Å²) < 4.78 is 4.19. The number of nitrogens with zero attached hydrogens (tertiary/aromatic N) is 3. The van der Waals surface area contributed by atoms with Crippen LogP contribution in [0.5, 0.6) is 0 Å². The number of aromatic nitrogens is 2. The molecule has 2 aromatic heterocycles. The van der Waals surface area contributed by atoms with E-state index < -0.39 is 0 Å². The van der Waals surface area contributed by atoms with E-state index in [-0.39, 0.29) is 5.91 Å². The lowest BCUT2D eigenvalue weighted by Crippen LogP contribution is -2.19. The quantitative estimate of drug-likeness (QED) is 0.322. The number of carbonyl (C=O) groups excluding carboxylic acids is 1. The van der Waals surface area contributed by atoms with Crippen molar-refractivity contribution in [3.63, 3.8) is 0 Å². The minimum Gasteiger partial charge on any atom is -0.323 e. The summed E-state index contributed by atoms with van der Waals surface area (Å²) >= 11 is 0. The fraction of sp³-hybridized carbons (Fsp3) is 0.185. The average Bonchev–Trinajstić information content (AvgIpc) is 3.42. The first-order valence-corrected chi connectivity index (χ1v) is 10.8. The lowest BCUT2D eigenvalue weighted by molar-refractivity contribution is 0.0955. The summed E-state index contributed by atoms with van der Waals surface area (Å²) in [6.07, 6.45) is 6.52. The van der Waals surface area contributed by atoms with Crippen molar-refractivity contribution in [3.05, 3.63) is 107 Å². The number of hydrogen-bond acceptors (Lipinski definition) is 2. The van der Waals surface area contributed by atoms with Gasteiger partial charge in [0.15, 0.2) is 0 Å². The Morgan fingerprint density at radius 1 is 1.00 bits per heavy atom. The predicted octanol–water partition coefficient (Wildman–Crippen LogP) is 5.52. The molecule has 4 aromatic rings. The molecule has 0 fully saturated rings. The molecule has 5 heteroatoms. The predicted molar refractivity (Wildman–Crippen MR) is 130 cm³/mol. The third-order valence-corrected chi connectivity index (χ3v) is 5.80. The molecule has 162 valence electrons. The number of nitrogens with one attached hydrogen (secondary N) is 1. The first kappa shape index (κ1) is 21.4. The molecule has 1 amide bonds. The van der Waals surface area contributed by atoms with Gasteiger partial charge >= 0.3 is 0 Å². The molecule has 0 saturated heterocycles. The summed E-state index contributed by atoms with van der Waals surface area (Å²) in [5.74, 6) is -0.244. The van der Waals surface area contributed by atoms with Crippen LogP contribution in [0, 0.1) is 20.8 Å². The van der Waals surface area contributed by atoms with Crippen LogP contribution in [0.2, 0.25) is 0 Å². The van der Waals surface area contributed by atoms with Crippen molar-refractivity contribution < 1.29 is 4.79 Å². The van der Waals surface area contributed by atoms with Crippen LogP contribution in [0.1, 0.15) is 45.4 Å². The second kappa shape index (κ2) is 9.10. The van der Waals surface area contributed by atoms with E-state index in [1.807, 2.05) is 47.3 Å². The van der Waals surface area contributed by atoms with Gasteiger partial charge in [-0.2, -0.15) is 5.10 Å². The van der Waals surface area contributed by atoms with Crippen LogP contribution < -0.4 is 5.43 Å². The Balaban J connectivity index is 1.59. The molecule has 1 N–H and O–H groups in total. The van der Waals surface area contributed by atoms with Crippen molar-refractivity contribution in [2.24, 2.45) is 5.10 Å². The first-order valence-electron chi connectivity index (χ1n) is 10.8. The first-order chi connectivity index (χ1) is 15.5. The van der Waals surface area contributed by atoms with Crippen molar-refractivity contribution in [3.8, 4) is 11.4 Å². The Morgan fingerprint density at radius 3 is 2.50 bits per heavy atom. The largest absolute Gasteiger partial charge is 0.323 e. The molecule has 0 aliphatic carbocycles. The Morgan fingerprint density at radius 2 is 1.75 bits per heavy atom. The maximum Gasteiger partial charge on any atom is 0.273 e. The minimum absolute atomic E-state index is 0.244. The Kier molecular flexibility index (Phi) is 6.08. The van der Waals surface area contributed by atoms with Gasteiger partial charge in [0.1, 0.15) is 0 Å². The highest BCUT2D eigenvalue weighted by atomic mass is 16.2. The van der Waals surface area contributed by atoms with Gasteiger partial charge in [-0.3, -0.25) is 4.79 Å². The molecule has 0 aliphatic heterocycles. The molecular weight excluding hydrogens is 396 g/mol. The van der Waals surface area contributed by atoms with E-state index in [0.717, 1.165) is 29.1 Å². The van der Waals surface area contributed by atoms with Gasteiger partial charge < -0.3 is 9.13 Å². The van der Waals surface area contributed by atoms with E-state index in [2.05, 4.69) is 67.1 Å². The molecule has 0 bridgehead atoms. The molecule has 0 atom stereocenters. The van der Waals surface area contributed by atoms with Gasteiger partial charge in [0.2, 0.25) is 0 Å². The molecule has 0 spiro atoms. The maximum absolute atomic E-state index is 12.8. The van der Waals surface area contributed by atoms with Crippen LogP contribution in [-0.4, -0.2) is 21.3 Å². The number of benzene rings is 2. The summed E-state index contributed by atoms with van der Waals surface area (Å²) in [6.45, 7) is 8.50. The summed E-state index contributed by atoms with van der Waals surface area (Å²) in [7, 11) is 0. The van der Waals surface area contributed by atoms with Crippen molar-refractivity contribution >= 4 is 12.1 Å². The van der Waals surface area contributed by atoms with E-state index in [0.29, 0.717) is 5.56 Å². The highest BCUT2D eigenvalue weighted by Crippen LogP contribution is 2.26. The van der Waals surface area contributed by atoms with Crippen LogP contribution in [0.25, 0.3) is 11.4 Å². The second-order valence-corrected chi connectivity index (χ2v) is 7.90. The smallest absolute Gasteiger partial charge is 0.273 e. The molecule has 0 radical (unpaired) electrons. The van der Waals surface area contributed by atoms with Crippen LogP contribution in [0.4, 0.5) is 0 Å². The number of aryl methyl sites for hydroxylation is 3. The third-order valence-electron chi connectivity index (χ3n) is 5.80. The number of carbonyl (C=O) groups is 1. The van der Waals surface area contributed by atoms with Crippen LogP contribution in [0.3, 0.4) is 0 Å². The van der Waals surface area contributed by atoms with Crippen molar-refractivity contribution in [2.45, 2.75) is 34.1 Å². The number of para-hydroxylation sites is 2. The molecular formula is C27H28N4O. The third kappa shape index (κ3) is 4.02. The lowest BCUT2D eigenvalue weighted by Gasteiger charge is -2.17. The van der Waals surface area contributed by atoms with Gasteiger partial charge in [0.25, 0.3) is 5.91 Å². The zero-order chi connectivity index (χ0) is 22.7. The molecule has 4 rings (SSSR count). The van der Waals surface area contributed by atoms with E-state index in [4.69, 9.17) is 0 Å². The number of hydrazone groups is 1. The maximum atomic E-state index is 12.8. The average molecular weight is 425 g/mol. The Hall–Kier alpha value is -3.86. The minimum atomic E-state index is -0.244. The normalized spacial score (nSPS) is 11.2. The van der Waals surface area contributed by atoms with E-state index in [9.17, 15) is 4.79 Å². The fourth-order valence-electron chi connectivity index (χ4n) is 4.19. The number of rotatable bonds is 6. The molecule has 0 saturated carbocycles. The molecule has 32 heavy (non-hydrogen) atoms. The standard InChI is InChI=1S/C27H28N4O/c1-5-22-12-10-11-19(2)26(22)31-20(3)17-23(21(31)4)18-28-29-27(32)24-13-6-7-14-25(24)30-15-8-9-16-30/h6-18H,5H2,1-4H3,(H,29,32)/b28-18-. The van der Waals surface area contributed by atoms with Crippen LogP contribution in [-0.2, 0) is 6.42 Å². The summed E-state index contributed by atoms with van der Waals surface area (Å²) in [5, 5.41) is 4.27. The molecule has 2 aromatic carbocycles. The van der Waals surface area contributed by atoms with Crippen molar-refractivity contribution in [1.29, 1.82) is 0 Å².